The van der Waals surface area contributed by atoms with E-state index in [1.54, 1.807) is 18.1 Å². The molecule has 0 aliphatic carbocycles. The molecular formula is C17H22N2O3. The SMILES string of the molecule is CCN(Cc1ccc(OC)cc1)C(=O)c1cc(C(C)C)on1. The highest BCUT2D eigenvalue weighted by molar-refractivity contribution is 5.92. The van der Waals surface area contributed by atoms with Crippen molar-refractivity contribution in [2.45, 2.75) is 33.2 Å². The molecule has 0 aliphatic rings. The van der Waals surface area contributed by atoms with E-state index in [1.165, 1.54) is 0 Å². The van der Waals surface area contributed by atoms with Crippen LogP contribution in [0.1, 0.15) is 48.5 Å². The smallest absolute Gasteiger partial charge is 0.276 e. The molecule has 118 valence electrons. The maximum Gasteiger partial charge on any atom is 0.276 e. The van der Waals surface area contributed by atoms with Crippen molar-refractivity contribution in [1.29, 1.82) is 0 Å². The first kappa shape index (κ1) is 16.1. The summed E-state index contributed by atoms with van der Waals surface area (Å²) in [5, 5.41) is 3.89. The number of aromatic nitrogens is 1. The fourth-order valence-electron chi connectivity index (χ4n) is 2.10. The number of hydrogen-bond acceptors (Lipinski definition) is 4. The summed E-state index contributed by atoms with van der Waals surface area (Å²) >= 11 is 0. The summed E-state index contributed by atoms with van der Waals surface area (Å²) in [7, 11) is 1.63. The molecule has 0 saturated heterocycles. The van der Waals surface area contributed by atoms with E-state index < -0.39 is 0 Å². The van der Waals surface area contributed by atoms with Gasteiger partial charge >= 0.3 is 0 Å². The van der Waals surface area contributed by atoms with E-state index in [0.717, 1.165) is 17.1 Å². The summed E-state index contributed by atoms with van der Waals surface area (Å²) in [5.74, 6) is 1.62. The Balaban J connectivity index is 2.10. The van der Waals surface area contributed by atoms with Crippen LogP contribution in [0.15, 0.2) is 34.9 Å². The predicted molar refractivity (Wildman–Crippen MR) is 84.0 cm³/mol. The molecule has 1 aromatic carbocycles. The van der Waals surface area contributed by atoms with Gasteiger partial charge in [0.25, 0.3) is 5.91 Å². The van der Waals surface area contributed by atoms with E-state index in [2.05, 4.69) is 5.16 Å². The first-order valence-corrected chi connectivity index (χ1v) is 7.44. The van der Waals surface area contributed by atoms with Gasteiger partial charge in [-0.15, -0.1) is 0 Å². The molecule has 0 saturated carbocycles. The van der Waals surface area contributed by atoms with Crippen LogP contribution in [0.4, 0.5) is 0 Å². The second-order valence-corrected chi connectivity index (χ2v) is 5.44. The monoisotopic (exact) mass is 302 g/mol. The van der Waals surface area contributed by atoms with Crippen LogP contribution in [0.5, 0.6) is 5.75 Å². The number of hydrogen-bond donors (Lipinski definition) is 0. The number of carbonyl (C=O) groups excluding carboxylic acids is 1. The summed E-state index contributed by atoms with van der Waals surface area (Å²) in [6.45, 7) is 7.09. The minimum absolute atomic E-state index is 0.117. The number of ether oxygens (including phenoxy) is 1. The van der Waals surface area contributed by atoms with Crippen LogP contribution in [0, 0.1) is 0 Å². The summed E-state index contributed by atoms with van der Waals surface area (Å²) in [6.07, 6.45) is 0. The molecule has 0 aliphatic heterocycles. The average molecular weight is 302 g/mol. The highest BCUT2D eigenvalue weighted by atomic mass is 16.5. The molecule has 22 heavy (non-hydrogen) atoms. The first-order chi connectivity index (χ1) is 10.5. The molecule has 0 spiro atoms. The summed E-state index contributed by atoms with van der Waals surface area (Å²) in [5.41, 5.74) is 1.41. The summed E-state index contributed by atoms with van der Waals surface area (Å²) in [4.78, 5) is 14.3. The highest BCUT2D eigenvalue weighted by Gasteiger charge is 2.20. The lowest BCUT2D eigenvalue weighted by Crippen LogP contribution is -2.30. The molecule has 2 rings (SSSR count). The van der Waals surface area contributed by atoms with Crippen molar-refractivity contribution < 1.29 is 14.1 Å². The number of amides is 1. The Hall–Kier alpha value is -2.30. The molecule has 5 heteroatoms. The van der Waals surface area contributed by atoms with Crippen LogP contribution in [-0.4, -0.2) is 29.6 Å². The lowest BCUT2D eigenvalue weighted by atomic mass is 10.1. The van der Waals surface area contributed by atoms with Gasteiger partial charge in [-0.1, -0.05) is 31.1 Å². The third kappa shape index (κ3) is 3.67. The standard InChI is InChI=1S/C17H22N2O3/c1-5-19(11-13-6-8-14(21-4)9-7-13)17(20)15-10-16(12(2)3)22-18-15/h6-10,12H,5,11H2,1-4H3. The molecule has 0 fully saturated rings. The van der Waals surface area contributed by atoms with Crippen molar-refractivity contribution in [3.8, 4) is 5.75 Å². The van der Waals surface area contributed by atoms with Crippen molar-refractivity contribution in [3.63, 3.8) is 0 Å². The largest absolute Gasteiger partial charge is 0.497 e. The zero-order valence-electron chi connectivity index (χ0n) is 13.5. The van der Waals surface area contributed by atoms with Crippen LogP contribution < -0.4 is 4.74 Å². The Morgan fingerprint density at radius 3 is 2.50 bits per heavy atom. The molecule has 2 aromatic rings. The van der Waals surface area contributed by atoms with Gasteiger partial charge in [-0.05, 0) is 24.6 Å². The molecular weight excluding hydrogens is 280 g/mol. The number of methoxy groups -OCH3 is 1. The topological polar surface area (TPSA) is 55.6 Å². The Bertz CT molecular complexity index is 617. The van der Waals surface area contributed by atoms with Crippen LogP contribution >= 0.6 is 0 Å². The van der Waals surface area contributed by atoms with E-state index in [-0.39, 0.29) is 11.8 Å². The fraction of sp³-hybridized carbons (Fsp3) is 0.412. The number of nitrogens with zero attached hydrogens (tertiary/aromatic N) is 2. The second kappa shape index (κ2) is 7.11. The van der Waals surface area contributed by atoms with Gasteiger partial charge < -0.3 is 14.2 Å². The van der Waals surface area contributed by atoms with Gasteiger partial charge in [-0.2, -0.15) is 0 Å². The summed E-state index contributed by atoms with van der Waals surface area (Å²) in [6, 6.07) is 9.42. The van der Waals surface area contributed by atoms with Gasteiger partial charge in [-0.3, -0.25) is 4.79 Å². The lowest BCUT2D eigenvalue weighted by Gasteiger charge is -2.19. The van der Waals surface area contributed by atoms with Gasteiger partial charge in [0.2, 0.25) is 0 Å². The van der Waals surface area contributed by atoms with E-state index >= 15 is 0 Å². The lowest BCUT2D eigenvalue weighted by molar-refractivity contribution is 0.0742. The van der Waals surface area contributed by atoms with Gasteiger partial charge in [0.05, 0.1) is 7.11 Å². The third-order valence-electron chi connectivity index (χ3n) is 3.52. The molecule has 0 atom stereocenters. The fourth-order valence-corrected chi connectivity index (χ4v) is 2.10. The zero-order chi connectivity index (χ0) is 16.1. The van der Waals surface area contributed by atoms with Gasteiger partial charge in [0.1, 0.15) is 11.5 Å². The number of carbonyl (C=O) groups is 1. The predicted octanol–water partition coefficient (Wildman–Crippen LogP) is 3.47. The van der Waals surface area contributed by atoms with Crippen molar-refractivity contribution >= 4 is 5.91 Å². The van der Waals surface area contributed by atoms with Gasteiger partial charge in [0.15, 0.2) is 5.69 Å². The number of benzene rings is 1. The Kier molecular flexibility index (Phi) is 5.20. The van der Waals surface area contributed by atoms with Crippen molar-refractivity contribution in [2.24, 2.45) is 0 Å². The molecule has 0 bridgehead atoms. The normalized spacial score (nSPS) is 10.8. The van der Waals surface area contributed by atoms with Gasteiger partial charge in [0, 0.05) is 25.1 Å². The first-order valence-electron chi connectivity index (χ1n) is 7.44. The van der Waals surface area contributed by atoms with E-state index in [0.29, 0.717) is 18.8 Å². The minimum Gasteiger partial charge on any atom is -0.497 e. The van der Waals surface area contributed by atoms with Crippen molar-refractivity contribution in [2.75, 3.05) is 13.7 Å². The maximum absolute atomic E-state index is 12.5. The van der Waals surface area contributed by atoms with Gasteiger partial charge in [-0.25, -0.2) is 0 Å². The molecule has 0 unspecified atom stereocenters. The molecule has 1 aromatic heterocycles. The maximum atomic E-state index is 12.5. The Morgan fingerprint density at radius 1 is 1.32 bits per heavy atom. The molecule has 1 amide bonds. The highest BCUT2D eigenvalue weighted by Crippen LogP contribution is 2.18. The zero-order valence-corrected chi connectivity index (χ0v) is 13.5. The van der Waals surface area contributed by atoms with Crippen LogP contribution in [-0.2, 0) is 6.54 Å². The van der Waals surface area contributed by atoms with Crippen LogP contribution in [0.25, 0.3) is 0 Å². The van der Waals surface area contributed by atoms with Crippen molar-refractivity contribution in [3.05, 3.63) is 47.3 Å². The van der Waals surface area contributed by atoms with E-state index in [1.807, 2.05) is 45.0 Å². The second-order valence-electron chi connectivity index (χ2n) is 5.44. The molecule has 1 heterocycles. The average Bonchev–Trinajstić information content (AvgIpc) is 3.02. The van der Waals surface area contributed by atoms with E-state index in [9.17, 15) is 4.79 Å². The third-order valence-corrected chi connectivity index (χ3v) is 3.52. The minimum atomic E-state index is -0.117. The Labute approximate surface area is 130 Å². The Morgan fingerprint density at radius 2 is 2.00 bits per heavy atom. The van der Waals surface area contributed by atoms with Crippen LogP contribution in [0.3, 0.4) is 0 Å². The molecule has 0 radical (unpaired) electrons. The van der Waals surface area contributed by atoms with E-state index in [4.69, 9.17) is 9.26 Å². The van der Waals surface area contributed by atoms with Crippen molar-refractivity contribution in [1.82, 2.24) is 10.1 Å². The molecule has 5 nitrogen and oxygen atoms in total. The molecule has 0 N–H and O–H groups in total. The summed E-state index contributed by atoms with van der Waals surface area (Å²) < 4.78 is 10.3. The number of rotatable bonds is 6. The van der Waals surface area contributed by atoms with Crippen LogP contribution in [0.2, 0.25) is 0 Å². The quantitative estimate of drug-likeness (QED) is 0.820.